The van der Waals surface area contributed by atoms with Crippen LogP contribution in [0.15, 0.2) is 48.5 Å². The fourth-order valence-corrected chi connectivity index (χ4v) is 14.4. The number of thiazole rings is 2. The van der Waals surface area contributed by atoms with Gasteiger partial charge >= 0.3 is 6.09 Å². The quantitative estimate of drug-likeness (QED) is 0.117. The Hall–Kier alpha value is -4.29. The number of aromatic nitrogens is 2. The molecule has 2 atom stereocenters. The lowest BCUT2D eigenvalue weighted by atomic mass is 9.90. The van der Waals surface area contributed by atoms with Crippen molar-refractivity contribution >= 4 is 93.7 Å². The predicted molar refractivity (Wildman–Crippen MR) is 267 cm³/mol. The molecule has 2 unspecified atom stereocenters. The number of ether oxygens (including phenoxy) is 2. The minimum absolute atomic E-state index is 0.0251. The van der Waals surface area contributed by atoms with Crippen molar-refractivity contribution in [3.8, 4) is 21.1 Å². The summed E-state index contributed by atoms with van der Waals surface area (Å²) in [6, 6.07) is 18.3. The van der Waals surface area contributed by atoms with Crippen molar-refractivity contribution < 1.29 is 23.9 Å². The molecular formula is C49H59N7O5S4. The highest BCUT2D eigenvalue weighted by atomic mass is 32.1. The molecule has 0 bridgehead atoms. The third-order valence-electron chi connectivity index (χ3n) is 12.4. The van der Waals surface area contributed by atoms with Crippen LogP contribution in [0.2, 0.25) is 0 Å². The van der Waals surface area contributed by atoms with Gasteiger partial charge in [0.25, 0.3) is 0 Å². The van der Waals surface area contributed by atoms with E-state index in [0.29, 0.717) is 24.2 Å². The number of carbonyl (C=O) groups excluding carboxylic acids is 3. The number of carbonyl (C=O) groups is 3. The van der Waals surface area contributed by atoms with E-state index in [1.54, 1.807) is 59.2 Å². The van der Waals surface area contributed by atoms with E-state index in [-0.39, 0.29) is 17.9 Å². The molecule has 3 amide bonds. The molecule has 6 aromatic rings. The number of para-hydroxylation sites is 2. The molecule has 0 radical (unpaired) electrons. The van der Waals surface area contributed by atoms with E-state index in [9.17, 15) is 14.4 Å². The minimum atomic E-state index is -0.465. The van der Waals surface area contributed by atoms with Gasteiger partial charge in [0.2, 0.25) is 11.8 Å². The van der Waals surface area contributed by atoms with Crippen LogP contribution in [0.3, 0.4) is 0 Å². The topological polar surface area (TPSA) is 147 Å². The molecule has 2 aliphatic carbocycles. The van der Waals surface area contributed by atoms with E-state index in [1.165, 1.54) is 25.6 Å². The molecule has 4 aliphatic rings. The van der Waals surface area contributed by atoms with Crippen molar-refractivity contribution in [1.29, 1.82) is 0 Å². The van der Waals surface area contributed by atoms with Gasteiger partial charge in [-0.2, -0.15) is 0 Å². The number of hydrogen-bond acceptors (Lipinski definition) is 13. The van der Waals surface area contributed by atoms with Crippen LogP contribution in [0.1, 0.15) is 94.0 Å². The molecule has 344 valence electrons. The van der Waals surface area contributed by atoms with Crippen molar-refractivity contribution in [2.24, 2.45) is 0 Å². The third-order valence-corrected chi connectivity index (χ3v) is 16.9. The monoisotopic (exact) mass is 953 g/mol. The number of thiophene rings is 2. The first-order chi connectivity index (χ1) is 31.3. The second kappa shape index (κ2) is 19.9. The summed E-state index contributed by atoms with van der Waals surface area (Å²) in [5.74, 6) is -0.0785. The second-order valence-electron chi connectivity index (χ2n) is 18.6. The smallest absolute Gasteiger partial charge is 0.410 e. The third kappa shape index (κ3) is 11.0. The maximum atomic E-state index is 12.4. The lowest BCUT2D eigenvalue weighted by molar-refractivity contribution is -0.115. The fourth-order valence-electron chi connectivity index (χ4n) is 9.45. The lowest BCUT2D eigenvalue weighted by Crippen LogP contribution is -2.49. The molecule has 10 rings (SSSR count). The molecule has 2 aliphatic heterocycles. The number of anilines is 2. The zero-order valence-electron chi connectivity index (χ0n) is 37.8. The summed E-state index contributed by atoms with van der Waals surface area (Å²) >= 11 is 6.83. The lowest BCUT2D eigenvalue weighted by Gasteiger charge is -2.36. The first-order valence-electron chi connectivity index (χ1n) is 23.0. The van der Waals surface area contributed by atoms with E-state index >= 15 is 0 Å². The number of nitrogens with one attached hydrogen (secondary N) is 4. The normalized spacial score (nSPS) is 19.3. The van der Waals surface area contributed by atoms with Crippen LogP contribution < -0.4 is 21.3 Å². The molecule has 2 saturated heterocycles. The van der Waals surface area contributed by atoms with E-state index in [1.807, 2.05) is 49.9 Å². The summed E-state index contributed by atoms with van der Waals surface area (Å²) in [6.45, 7) is 12.0. The van der Waals surface area contributed by atoms with Crippen molar-refractivity contribution in [3.63, 3.8) is 0 Å². The molecule has 2 fully saturated rings. The van der Waals surface area contributed by atoms with Crippen LogP contribution in [0.5, 0.6) is 0 Å². The first-order valence-corrected chi connectivity index (χ1v) is 26.2. The van der Waals surface area contributed by atoms with Crippen LogP contribution >= 0.6 is 45.3 Å². The Morgan fingerprint density at radius 3 is 1.55 bits per heavy atom. The van der Waals surface area contributed by atoms with E-state index < -0.39 is 5.60 Å². The number of rotatable bonds is 8. The summed E-state index contributed by atoms with van der Waals surface area (Å²) in [6.07, 6.45) is 9.98. The molecule has 0 spiro atoms. The van der Waals surface area contributed by atoms with Gasteiger partial charge in [0.1, 0.15) is 25.6 Å². The number of amides is 3. The van der Waals surface area contributed by atoms with Gasteiger partial charge in [0, 0.05) is 85.2 Å². The van der Waals surface area contributed by atoms with Gasteiger partial charge in [-0.1, -0.05) is 24.3 Å². The summed E-state index contributed by atoms with van der Waals surface area (Å²) < 4.78 is 13.4. The van der Waals surface area contributed by atoms with Crippen LogP contribution in [0.25, 0.3) is 41.6 Å². The van der Waals surface area contributed by atoms with Crippen LogP contribution in [-0.2, 0) is 44.7 Å². The van der Waals surface area contributed by atoms with Crippen LogP contribution in [0, 0.1) is 0 Å². The van der Waals surface area contributed by atoms with Gasteiger partial charge in [-0.3, -0.25) is 9.59 Å². The maximum absolute atomic E-state index is 12.4. The summed E-state index contributed by atoms with van der Waals surface area (Å²) in [5, 5.41) is 17.7. The highest BCUT2D eigenvalue weighted by Crippen LogP contribution is 2.48. The van der Waals surface area contributed by atoms with E-state index in [4.69, 9.17) is 19.4 Å². The van der Waals surface area contributed by atoms with E-state index in [2.05, 4.69) is 45.5 Å². The number of piperidine rings is 1. The Kier molecular flexibility index (Phi) is 14.0. The van der Waals surface area contributed by atoms with Gasteiger partial charge in [0.05, 0.1) is 20.4 Å². The molecule has 4 N–H and O–H groups in total. The number of nitrogens with zero attached hydrogens (tertiary/aromatic N) is 3. The van der Waals surface area contributed by atoms with Gasteiger partial charge in [-0.15, -0.1) is 45.3 Å². The Balaban J connectivity index is 0.000000168. The van der Waals surface area contributed by atoms with E-state index in [0.717, 1.165) is 137 Å². The summed E-state index contributed by atoms with van der Waals surface area (Å²) in [7, 11) is 0. The second-order valence-corrected chi connectivity index (χ2v) is 22.9. The highest BCUT2D eigenvalue weighted by Gasteiger charge is 2.33. The molecule has 0 saturated carbocycles. The first kappa shape index (κ1) is 45.8. The van der Waals surface area contributed by atoms with Crippen LogP contribution in [0.4, 0.5) is 14.8 Å². The minimum Gasteiger partial charge on any atom is -0.444 e. The van der Waals surface area contributed by atoms with Gasteiger partial charge in [0.15, 0.2) is 0 Å². The highest BCUT2D eigenvalue weighted by molar-refractivity contribution is 7.23. The molecule has 16 heteroatoms. The Bertz CT molecular complexity index is 2600. The van der Waals surface area contributed by atoms with Gasteiger partial charge < -0.3 is 35.6 Å². The van der Waals surface area contributed by atoms with Crippen molar-refractivity contribution in [2.45, 2.75) is 129 Å². The fraction of sp³-hybridized carbons (Fsp3) is 0.490. The zero-order chi connectivity index (χ0) is 45.2. The van der Waals surface area contributed by atoms with Gasteiger partial charge in [-0.05, 0) is 120 Å². The largest absolute Gasteiger partial charge is 0.444 e. The number of benzene rings is 2. The molecular weight excluding hydrogens is 895 g/mol. The molecule has 65 heavy (non-hydrogen) atoms. The van der Waals surface area contributed by atoms with Gasteiger partial charge in [-0.25, -0.2) is 14.8 Å². The Morgan fingerprint density at radius 2 is 1.11 bits per heavy atom. The Labute approximate surface area is 396 Å². The average Bonchev–Trinajstić information content (AvgIpc) is 4.05. The van der Waals surface area contributed by atoms with Crippen LogP contribution in [-0.4, -0.2) is 88.8 Å². The number of fused-ring (bicyclic) bond motifs is 4. The van der Waals surface area contributed by atoms with Crippen molar-refractivity contribution in [3.05, 3.63) is 69.4 Å². The standard InChI is InChI=1S/C27H34N4O3S2.C22H25N3O2S2/c1-16(32)28-24-23(25-30-20-7-5-6-8-21(20)35-25)19-10-9-18(15-22(19)36-24)29-17-11-13-31(14-12-17)26(33)34-27(2,3)4;1-13(26)23-21-20(22-25-17-4-2-3-5-18(17)28-22)16-7-6-15(12-19(16)29-21)24-14-8-10-27-11-9-14/h5-8,17-18,29H,9-15H2,1-4H3,(H,28,32);2-5,14-15,24H,6-12H2,1H3,(H,23,26). The predicted octanol–water partition coefficient (Wildman–Crippen LogP) is 10.4. The van der Waals surface area contributed by atoms with Crippen molar-refractivity contribution in [2.75, 3.05) is 36.9 Å². The SMILES string of the molecule is CC(=O)Nc1sc2c(c1-c1nc3ccccc3s1)CCC(NC1CCN(C(=O)OC(C)(C)C)CC1)C2.CC(=O)Nc1sc2c(c1-c1nc3ccccc3s1)CCC(NC1CCOCC1)C2. The maximum Gasteiger partial charge on any atom is 0.410 e. The van der Waals surface area contributed by atoms with Crippen molar-refractivity contribution in [1.82, 2.24) is 25.5 Å². The number of likely N-dealkylation sites (tertiary alicyclic amines) is 1. The molecule has 12 nitrogen and oxygen atoms in total. The molecule has 6 heterocycles. The molecule has 4 aromatic heterocycles. The summed E-state index contributed by atoms with van der Waals surface area (Å²) in [5.41, 5.74) is 6.52. The zero-order valence-corrected chi connectivity index (χ0v) is 41.1. The number of hydrogen-bond donors (Lipinski definition) is 4. The Morgan fingerprint density at radius 1 is 0.646 bits per heavy atom. The summed E-state index contributed by atoms with van der Waals surface area (Å²) in [4.78, 5) is 50.6. The molecule has 2 aromatic carbocycles. The average molecular weight is 954 g/mol.